The Hall–Kier alpha value is -1.80. The topological polar surface area (TPSA) is 55.0 Å². The molecule has 0 aliphatic carbocycles. The Morgan fingerprint density at radius 1 is 1.53 bits per heavy atom. The van der Waals surface area contributed by atoms with Crippen LogP contribution in [0.5, 0.6) is 0 Å². The molecule has 0 aliphatic heterocycles. The van der Waals surface area contributed by atoms with Gasteiger partial charge in [0.2, 0.25) is 0 Å². The molecule has 0 saturated carbocycles. The number of hydrogen-bond donors (Lipinski definition) is 0. The molecule has 1 heterocycles. The van der Waals surface area contributed by atoms with Crippen molar-refractivity contribution in [2.24, 2.45) is 0 Å². The quantitative estimate of drug-likeness (QED) is 0.813. The fraction of sp³-hybridized carbons (Fsp3) is 0.286. The predicted octanol–water partition coefficient (Wildman–Crippen LogP) is 3.03. The van der Waals surface area contributed by atoms with Crippen LogP contribution in [0.2, 0.25) is 0 Å². The maximum absolute atomic E-state index is 11.6. The molecule has 5 heteroatoms. The second-order valence-corrected chi connectivity index (χ2v) is 5.00. The van der Waals surface area contributed by atoms with Gasteiger partial charge in [-0.15, -0.1) is 0 Å². The zero-order valence-electron chi connectivity index (χ0n) is 10.5. The van der Waals surface area contributed by atoms with Crippen molar-refractivity contribution in [2.75, 3.05) is 6.61 Å². The second-order valence-electron chi connectivity index (χ2n) is 4.08. The molecular weight excluding hydrogens is 308 g/mol. The van der Waals surface area contributed by atoms with Crippen LogP contribution in [0, 0.1) is 11.3 Å². The van der Waals surface area contributed by atoms with Crippen molar-refractivity contribution < 1.29 is 9.53 Å². The lowest BCUT2D eigenvalue weighted by Gasteiger charge is -2.04. The van der Waals surface area contributed by atoms with Crippen molar-refractivity contribution in [3.63, 3.8) is 0 Å². The predicted molar refractivity (Wildman–Crippen MR) is 75.6 cm³/mol. The van der Waals surface area contributed by atoms with Crippen molar-refractivity contribution in [3.05, 3.63) is 34.4 Å². The van der Waals surface area contributed by atoms with Gasteiger partial charge in [0.1, 0.15) is 6.54 Å². The smallest absolute Gasteiger partial charge is 0.325 e. The first-order valence-electron chi connectivity index (χ1n) is 5.95. The Kier molecular flexibility index (Phi) is 4.23. The van der Waals surface area contributed by atoms with Crippen molar-refractivity contribution >= 4 is 32.8 Å². The van der Waals surface area contributed by atoms with E-state index in [4.69, 9.17) is 10.00 Å². The highest BCUT2D eigenvalue weighted by molar-refractivity contribution is 9.10. The Bertz CT molecular complexity index is 655. The van der Waals surface area contributed by atoms with E-state index in [0.29, 0.717) is 13.0 Å². The summed E-state index contributed by atoms with van der Waals surface area (Å²) in [4.78, 5) is 11.6. The summed E-state index contributed by atoms with van der Waals surface area (Å²) in [5.41, 5.74) is 1.85. The highest BCUT2D eigenvalue weighted by atomic mass is 79.9. The van der Waals surface area contributed by atoms with Gasteiger partial charge in [0, 0.05) is 21.6 Å². The number of rotatable bonds is 4. The van der Waals surface area contributed by atoms with Crippen LogP contribution in [0.15, 0.2) is 28.9 Å². The molecule has 1 aromatic heterocycles. The monoisotopic (exact) mass is 320 g/mol. The molecule has 4 nitrogen and oxygen atoms in total. The summed E-state index contributed by atoms with van der Waals surface area (Å²) in [7, 11) is 0. The van der Waals surface area contributed by atoms with E-state index >= 15 is 0 Å². The Morgan fingerprint density at radius 2 is 2.32 bits per heavy atom. The lowest BCUT2D eigenvalue weighted by molar-refractivity contribution is -0.143. The van der Waals surface area contributed by atoms with Crippen LogP contribution in [0.4, 0.5) is 0 Å². The van der Waals surface area contributed by atoms with Gasteiger partial charge in [-0.05, 0) is 30.7 Å². The summed E-state index contributed by atoms with van der Waals surface area (Å²) in [6, 6.07) is 7.95. The first-order valence-corrected chi connectivity index (χ1v) is 6.75. The molecule has 0 atom stereocenters. The molecule has 0 radical (unpaired) electrons. The fourth-order valence-electron chi connectivity index (χ4n) is 2.05. The van der Waals surface area contributed by atoms with E-state index in [-0.39, 0.29) is 12.5 Å². The average Bonchev–Trinajstić information content (AvgIpc) is 2.68. The molecular formula is C14H13BrN2O2. The zero-order chi connectivity index (χ0) is 13.8. The molecule has 2 rings (SSSR count). The molecule has 0 aliphatic rings. The van der Waals surface area contributed by atoms with Gasteiger partial charge in [0.15, 0.2) is 0 Å². The largest absolute Gasteiger partial charge is 0.465 e. The SMILES string of the molecule is CCOC(=O)Cn1cc(CC#N)c2cc(Br)ccc21. The van der Waals surface area contributed by atoms with Crippen molar-refractivity contribution in [1.29, 1.82) is 5.26 Å². The number of aromatic nitrogens is 1. The molecule has 0 bridgehead atoms. The summed E-state index contributed by atoms with van der Waals surface area (Å²) in [6.45, 7) is 2.32. The van der Waals surface area contributed by atoms with Gasteiger partial charge in [0.05, 0.1) is 19.1 Å². The molecule has 19 heavy (non-hydrogen) atoms. The first kappa shape index (κ1) is 13.6. The third-order valence-electron chi connectivity index (χ3n) is 2.80. The maximum atomic E-state index is 11.6. The van der Waals surface area contributed by atoms with Crippen molar-refractivity contribution in [3.8, 4) is 6.07 Å². The summed E-state index contributed by atoms with van der Waals surface area (Å²) in [5, 5.41) is 9.85. The van der Waals surface area contributed by atoms with Crippen LogP contribution >= 0.6 is 15.9 Å². The summed E-state index contributed by atoms with van der Waals surface area (Å²) in [6.07, 6.45) is 2.17. The third-order valence-corrected chi connectivity index (χ3v) is 3.29. The second kappa shape index (κ2) is 5.89. The molecule has 0 saturated heterocycles. The molecule has 0 unspecified atom stereocenters. The van der Waals surface area contributed by atoms with E-state index in [9.17, 15) is 4.79 Å². The molecule has 1 aromatic carbocycles. The number of esters is 1. The Balaban J connectivity index is 2.44. The number of benzene rings is 1. The minimum Gasteiger partial charge on any atom is -0.465 e. The highest BCUT2D eigenvalue weighted by Crippen LogP contribution is 2.25. The van der Waals surface area contributed by atoms with Gasteiger partial charge in [-0.3, -0.25) is 4.79 Å². The van der Waals surface area contributed by atoms with E-state index < -0.39 is 0 Å². The highest BCUT2D eigenvalue weighted by Gasteiger charge is 2.11. The van der Waals surface area contributed by atoms with E-state index in [1.54, 1.807) is 6.92 Å². The summed E-state index contributed by atoms with van der Waals surface area (Å²) < 4.78 is 7.73. The molecule has 0 amide bonds. The van der Waals surface area contributed by atoms with Gasteiger partial charge in [-0.1, -0.05) is 15.9 Å². The van der Waals surface area contributed by atoms with E-state index in [0.717, 1.165) is 20.9 Å². The van der Waals surface area contributed by atoms with Gasteiger partial charge < -0.3 is 9.30 Å². The van der Waals surface area contributed by atoms with Crippen LogP contribution in [-0.2, 0) is 22.5 Å². The summed E-state index contributed by atoms with van der Waals surface area (Å²) >= 11 is 3.42. The number of hydrogen-bond acceptors (Lipinski definition) is 3. The van der Waals surface area contributed by atoms with E-state index in [1.807, 2.05) is 29.0 Å². The van der Waals surface area contributed by atoms with Gasteiger partial charge in [-0.2, -0.15) is 5.26 Å². The summed E-state index contributed by atoms with van der Waals surface area (Å²) in [5.74, 6) is -0.272. The Morgan fingerprint density at radius 3 is 3.00 bits per heavy atom. The van der Waals surface area contributed by atoms with E-state index in [2.05, 4.69) is 22.0 Å². The zero-order valence-corrected chi connectivity index (χ0v) is 12.1. The van der Waals surface area contributed by atoms with Gasteiger partial charge in [0.25, 0.3) is 0 Å². The van der Waals surface area contributed by atoms with Gasteiger partial charge in [-0.25, -0.2) is 0 Å². The molecule has 2 aromatic rings. The lowest BCUT2D eigenvalue weighted by Crippen LogP contribution is -2.12. The van der Waals surface area contributed by atoms with E-state index in [1.165, 1.54) is 0 Å². The van der Waals surface area contributed by atoms with Crippen LogP contribution in [0.25, 0.3) is 10.9 Å². The number of halogens is 1. The standard InChI is InChI=1S/C14H13BrN2O2/c1-2-19-14(18)9-17-8-10(5-6-16)12-7-11(15)3-4-13(12)17/h3-4,7-8H,2,5,9H2,1H3. The van der Waals surface area contributed by atoms with Crippen LogP contribution < -0.4 is 0 Å². The number of carbonyl (C=O) groups is 1. The van der Waals surface area contributed by atoms with Gasteiger partial charge >= 0.3 is 5.97 Å². The molecule has 98 valence electrons. The normalized spacial score (nSPS) is 10.4. The van der Waals surface area contributed by atoms with Crippen LogP contribution in [0.3, 0.4) is 0 Å². The van der Waals surface area contributed by atoms with Crippen LogP contribution in [-0.4, -0.2) is 17.1 Å². The molecule has 0 spiro atoms. The van der Waals surface area contributed by atoms with Crippen molar-refractivity contribution in [1.82, 2.24) is 4.57 Å². The first-order chi connectivity index (χ1) is 9.15. The Labute approximate surface area is 119 Å². The maximum Gasteiger partial charge on any atom is 0.325 e. The number of ether oxygens (including phenoxy) is 1. The minimum absolute atomic E-state index is 0.164. The van der Waals surface area contributed by atoms with Crippen molar-refractivity contribution in [2.45, 2.75) is 19.9 Å². The molecule has 0 fully saturated rings. The fourth-order valence-corrected chi connectivity index (χ4v) is 2.41. The number of nitriles is 1. The number of carbonyl (C=O) groups excluding carboxylic acids is 1. The average molecular weight is 321 g/mol. The van der Waals surface area contributed by atoms with Crippen LogP contribution in [0.1, 0.15) is 12.5 Å². The third kappa shape index (κ3) is 2.96. The molecule has 0 N–H and O–H groups in total. The number of fused-ring (bicyclic) bond motifs is 1. The minimum atomic E-state index is -0.272. The lowest BCUT2D eigenvalue weighted by atomic mass is 10.1. The number of nitrogens with zero attached hydrogens (tertiary/aromatic N) is 2.